The maximum Gasteiger partial charge on any atom is 0.431 e. The molecule has 4 rings (SSSR count). The number of rotatable bonds is 9. The van der Waals surface area contributed by atoms with E-state index in [0.717, 1.165) is 13.2 Å². The summed E-state index contributed by atoms with van der Waals surface area (Å²) in [6.07, 6.45) is -5.00. The second kappa shape index (κ2) is 11.2. The minimum Gasteiger partial charge on any atom is -0.491 e. The van der Waals surface area contributed by atoms with Gasteiger partial charge in [-0.05, 0) is 24.6 Å². The van der Waals surface area contributed by atoms with E-state index in [-0.39, 0.29) is 24.0 Å². The molecular formula is C26H23F3N2O8. The highest BCUT2D eigenvalue weighted by molar-refractivity contribution is 6.00. The monoisotopic (exact) mass is 548 g/mol. The Kier molecular flexibility index (Phi) is 7.90. The molecule has 13 heteroatoms. The molecule has 39 heavy (non-hydrogen) atoms. The average molecular weight is 548 g/mol. The van der Waals surface area contributed by atoms with E-state index in [1.54, 1.807) is 24.3 Å². The van der Waals surface area contributed by atoms with Gasteiger partial charge in [-0.2, -0.15) is 13.2 Å². The number of para-hydroxylation sites is 1. The molecule has 1 saturated heterocycles. The van der Waals surface area contributed by atoms with Crippen molar-refractivity contribution in [2.75, 3.05) is 20.3 Å². The minimum absolute atomic E-state index is 0.0708. The number of dihydropyridines is 1. The molecule has 2 aromatic carbocycles. The van der Waals surface area contributed by atoms with Gasteiger partial charge >= 0.3 is 18.1 Å². The van der Waals surface area contributed by atoms with Crippen LogP contribution in [0.5, 0.6) is 5.75 Å². The van der Waals surface area contributed by atoms with Crippen molar-refractivity contribution in [3.8, 4) is 5.75 Å². The Bertz CT molecular complexity index is 1350. The SMILES string of the molecule is COC(=O)C1=C(C(F)(F)F)NC(C)=C(C(=O)OCc2ccc(OCC3CO3)cc2)C1c1ccccc1[N+](=O)[O-]. The van der Waals surface area contributed by atoms with Gasteiger partial charge in [-0.25, -0.2) is 9.59 Å². The van der Waals surface area contributed by atoms with Crippen LogP contribution in [0.15, 0.2) is 71.1 Å². The number of ether oxygens (including phenoxy) is 4. The number of carbonyl (C=O) groups excluding carboxylic acids is 2. The van der Waals surface area contributed by atoms with E-state index in [1.807, 2.05) is 0 Å². The van der Waals surface area contributed by atoms with E-state index in [9.17, 15) is 32.9 Å². The van der Waals surface area contributed by atoms with E-state index < -0.39 is 51.5 Å². The van der Waals surface area contributed by atoms with Crippen molar-refractivity contribution in [1.82, 2.24) is 5.32 Å². The standard InChI is InChI=1S/C26H23F3N2O8/c1-14-20(25(33)39-11-15-7-9-16(10-8-15)37-12-17-13-38-17)21(18-5-3-4-6-19(18)31(34)35)22(24(32)36-2)23(30-14)26(27,28)29/h3-10,17,21,30H,11-13H2,1-2H3. The maximum absolute atomic E-state index is 14.0. The van der Waals surface area contributed by atoms with Crippen LogP contribution in [0.1, 0.15) is 24.0 Å². The van der Waals surface area contributed by atoms with Gasteiger partial charge in [-0.3, -0.25) is 10.1 Å². The molecule has 1 N–H and O–H groups in total. The lowest BCUT2D eigenvalue weighted by Crippen LogP contribution is -2.38. The fourth-order valence-corrected chi connectivity index (χ4v) is 4.12. The molecule has 2 aromatic rings. The van der Waals surface area contributed by atoms with Crippen LogP contribution in [0.4, 0.5) is 18.9 Å². The van der Waals surface area contributed by atoms with Gasteiger partial charge in [0.25, 0.3) is 5.69 Å². The normalized spacial score (nSPS) is 18.8. The predicted octanol–water partition coefficient (Wildman–Crippen LogP) is 4.07. The third-order valence-corrected chi connectivity index (χ3v) is 6.05. The molecule has 2 aliphatic rings. The summed E-state index contributed by atoms with van der Waals surface area (Å²) in [6.45, 7) is 1.96. The summed E-state index contributed by atoms with van der Waals surface area (Å²) in [4.78, 5) is 37.0. The zero-order valence-corrected chi connectivity index (χ0v) is 20.7. The Balaban J connectivity index is 1.68. The third-order valence-electron chi connectivity index (χ3n) is 6.05. The highest BCUT2D eigenvalue weighted by Gasteiger charge is 2.48. The molecule has 0 aromatic heterocycles. The van der Waals surface area contributed by atoms with Crippen LogP contribution >= 0.6 is 0 Å². The molecule has 1 fully saturated rings. The van der Waals surface area contributed by atoms with E-state index in [2.05, 4.69) is 10.1 Å². The van der Waals surface area contributed by atoms with Crippen LogP contribution in [0.2, 0.25) is 0 Å². The van der Waals surface area contributed by atoms with Crippen LogP contribution in [0.3, 0.4) is 0 Å². The highest BCUT2D eigenvalue weighted by atomic mass is 19.4. The average Bonchev–Trinajstić information content (AvgIpc) is 3.74. The van der Waals surface area contributed by atoms with Gasteiger partial charge in [0.05, 0.1) is 35.7 Å². The van der Waals surface area contributed by atoms with Gasteiger partial charge in [0.15, 0.2) is 0 Å². The molecule has 2 aliphatic heterocycles. The van der Waals surface area contributed by atoms with Crippen molar-refractivity contribution in [1.29, 1.82) is 0 Å². The van der Waals surface area contributed by atoms with E-state index >= 15 is 0 Å². The fourth-order valence-electron chi connectivity index (χ4n) is 4.12. The van der Waals surface area contributed by atoms with E-state index in [4.69, 9.17) is 14.2 Å². The van der Waals surface area contributed by atoms with Crippen molar-refractivity contribution in [2.24, 2.45) is 0 Å². The van der Waals surface area contributed by atoms with Gasteiger partial charge in [0, 0.05) is 17.3 Å². The van der Waals surface area contributed by atoms with Gasteiger partial charge < -0.3 is 24.3 Å². The number of halogens is 3. The number of nitrogens with zero attached hydrogens (tertiary/aromatic N) is 1. The molecule has 10 nitrogen and oxygen atoms in total. The second-order valence-electron chi connectivity index (χ2n) is 8.68. The van der Waals surface area contributed by atoms with Crippen molar-refractivity contribution in [3.05, 3.63) is 92.3 Å². The summed E-state index contributed by atoms with van der Waals surface area (Å²) >= 11 is 0. The molecule has 0 saturated carbocycles. The number of allylic oxidation sites excluding steroid dienone is 2. The number of nitrogens with one attached hydrogen (secondary N) is 1. The van der Waals surface area contributed by atoms with Crippen LogP contribution in [0, 0.1) is 10.1 Å². The molecule has 2 heterocycles. The minimum atomic E-state index is -5.07. The Labute approximate surface area is 220 Å². The molecule has 0 radical (unpaired) electrons. The highest BCUT2D eigenvalue weighted by Crippen LogP contribution is 2.45. The number of alkyl halides is 3. The summed E-state index contributed by atoms with van der Waals surface area (Å²) in [5.74, 6) is -3.72. The van der Waals surface area contributed by atoms with Crippen molar-refractivity contribution >= 4 is 17.6 Å². The molecule has 0 amide bonds. The number of nitro groups is 1. The third kappa shape index (κ3) is 6.20. The van der Waals surface area contributed by atoms with Gasteiger partial charge in [0.1, 0.15) is 30.8 Å². The lowest BCUT2D eigenvalue weighted by Gasteiger charge is -2.31. The summed E-state index contributed by atoms with van der Waals surface area (Å²) in [6, 6.07) is 11.5. The number of esters is 2. The van der Waals surface area contributed by atoms with Crippen molar-refractivity contribution < 1.29 is 46.6 Å². The number of methoxy groups -OCH3 is 1. The predicted molar refractivity (Wildman–Crippen MR) is 128 cm³/mol. The second-order valence-corrected chi connectivity index (χ2v) is 8.68. The molecule has 2 unspecified atom stereocenters. The number of benzene rings is 2. The lowest BCUT2D eigenvalue weighted by molar-refractivity contribution is -0.385. The number of epoxide rings is 1. The Morgan fingerprint density at radius 1 is 1.10 bits per heavy atom. The van der Waals surface area contributed by atoms with Gasteiger partial charge in [-0.1, -0.05) is 30.3 Å². The molecule has 0 aliphatic carbocycles. The molecule has 206 valence electrons. The largest absolute Gasteiger partial charge is 0.491 e. The molecule has 2 atom stereocenters. The number of hydrogen-bond acceptors (Lipinski definition) is 9. The summed E-state index contributed by atoms with van der Waals surface area (Å²) in [5.41, 5.74) is -3.52. The lowest BCUT2D eigenvalue weighted by atomic mass is 9.79. The van der Waals surface area contributed by atoms with Gasteiger partial charge in [-0.15, -0.1) is 0 Å². The van der Waals surface area contributed by atoms with Crippen molar-refractivity contribution in [2.45, 2.75) is 31.7 Å². The number of nitro benzene ring substituents is 1. The van der Waals surface area contributed by atoms with Gasteiger partial charge in [0.2, 0.25) is 0 Å². The smallest absolute Gasteiger partial charge is 0.431 e. The first-order valence-electron chi connectivity index (χ1n) is 11.6. The molecular weight excluding hydrogens is 525 g/mol. The zero-order chi connectivity index (χ0) is 28.3. The summed E-state index contributed by atoms with van der Waals surface area (Å²) < 4.78 is 62.7. The fraction of sp³-hybridized carbons (Fsp3) is 0.308. The molecule has 0 bridgehead atoms. The van der Waals surface area contributed by atoms with Crippen LogP contribution in [-0.4, -0.2) is 49.5 Å². The number of hydrogen-bond donors (Lipinski definition) is 1. The first kappa shape index (κ1) is 27.6. The van der Waals surface area contributed by atoms with E-state index in [0.29, 0.717) is 24.5 Å². The Morgan fingerprint density at radius 2 is 1.77 bits per heavy atom. The molecule has 0 spiro atoms. The van der Waals surface area contributed by atoms with Crippen molar-refractivity contribution in [3.63, 3.8) is 0 Å². The summed E-state index contributed by atoms with van der Waals surface area (Å²) in [5, 5.41) is 13.8. The Morgan fingerprint density at radius 3 is 2.36 bits per heavy atom. The van der Waals surface area contributed by atoms with Crippen LogP contribution in [-0.2, 0) is 30.4 Å². The zero-order valence-electron chi connectivity index (χ0n) is 20.7. The van der Waals surface area contributed by atoms with Crippen LogP contribution in [0.25, 0.3) is 0 Å². The first-order valence-corrected chi connectivity index (χ1v) is 11.6. The topological polar surface area (TPSA) is 130 Å². The summed E-state index contributed by atoms with van der Waals surface area (Å²) in [7, 11) is 0.869. The quantitative estimate of drug-likeness (QED) is 0.213. The number of carbonyl (C=O) groups is 2. The van der Waals surface area contributed by atoms with E-state index in [1.165, 1.54) is 25.1 Å². The Hall–Kier alpha value is -4.39. The maximum atomic E-state index is 14.0. The first-order chi connectivity index (χ1) is 18.5. The van der Waals surface area contributed by atoms with Crippen LogP contribution < -0.4 is 10.1 Å².